The Bertz CT molecular complexity index is 567. The summed E-state index contributed by atoms with van der Waals surface area (Å²) in [4.78, 5) is 42.6. The lowest BCUT2D eigenvalue weighted by Crippen LogP contribution is -2.48. The average Bonchev–Trinajstić information content (AvgIpc) is 2.42. The van der Waals surface area contributed by atoms with Gasteiger partial charge in [0, 0.05) is 23.7 Å². The molecule has 0 aliphatic rings. The summed E-state index contributed by atoms with van der Waals surface area (Å²) in [5.41, 5.74) is -0.222. The zero-order valence-corrected chi connectivity index (χ0v) is 10.6. The number of nitro groups is 1. The van der Waals surface area contributed by atoms with E-state index < -0.39 is 35.2 Å². The van der Waals surface area contributed by atoms with Gasteiger partial charge in [0.15, 0.2) is 0 Å². The van der Waals surface area contributed by atoms with Crippen molar-refractivity contribution in [1.82, 2.24) is 5.32 Å². The molecule has 1 amide bonds. The number of amides is 1. The molecule has 0 aliphatic heterocycles. The number of aliphatic carboxylic acids is 2. The van der Waals surface area contributed by atoms with Gasteiger partial charge in [-0.25, -0.2) is 0 Å². The van der Waals surface area contributed by atoms with Gasteiger partial charge in [0.25, 0.3) is 11.6 Å². The summed E-state index contributed by atoms with van der Waals surface area (Å²) in [6.07, 6.45) is -0.942. The maximum Gasteiger partial charge on any atom is 0.269 e. The molecule has 0 bridgehead atoms. The number of carboxylic acids is 2. The molecule has 0 aromatic heterocycles. The number of carboxylic acid groups (broad SMARTS) is 2. The van der Waals surface area contributed by atoms with Crippen LogP contribution in [0.3, 0.4) is 0 Å². The first-order valence-corrected chi connectivity index (χ1v) is 5.77. The summed E-state index contributed by atoms with van der Waals surface area (Å²) in [5.74, 6) is -3.89. The van der Waals surface area contributed by atoms with Gasteiger partial charge in [-0.1, -0.05) is 0 Å². The summed E-state index contributed by atoms with van der Waals surface area (Å²) in [6, 6.07) is 2.98. The Balaban J connectivity index is 2.74. The summed E-state index contributed by atoms with van der Waals surface area (Å²) < 4.78 is 0. The fourth-order valence-electron chi connectivity index (χ4n) is 1.49. The molecular weight excluding hydrogens is 284 g/mol. The van der Waals surface area contributed by atoms with E-state index in [9.17, 15) is 34.7 Å². The number of nitro benzene ring substituents is 1. The summed E-state index contributed by atoms with van der Waals surface area (Å²) >= 11 is 0. The third-order valence-electron chi connectivity index (χ3n) is 2.57. The van der Waals surface area contributed by atoms with Gasteiger partial charge in [-0.05, 0) is 25.0 Å². The van der Waals surface area contributed by atoms with Crippen LogP contribution in [-0.2, 0) is 9.59 Å². The Morgan fingerprint density at radius 2 is 1.71 bits per heavy atom. The molecule has 0 saturated carbocycles. The van der Waals surface area contributed by atoms with E-state index in [1.165, 1.54) is 0 Å². The summed E-state index contributed by atoms with van der Waals surface area (Å²) in [5, 5.41) is 33.6. The molecule has 0 heterocycles. The van der Waals surface area contributed by atoms with E-state index in [2.05, 4.69) is 5.32 Å². The lowest BCUT2D eigenvalue weighted by Gasteiger charge is -2.19. The van der Waals surface area contributed by atoms with Crippen LogP contribution in [-0.4, -0.2) is 28.8 Å². The Morgan fingerprint density at radius 1 is 1.14 bits per heavy atom. The first kappa shape index (κ1) is 16.1. The lowest BCUT2D eigenvalue weighted by atomic mass is 10.1. The zero-order chi connectivity index (χ0) is 16.0. The van der Waals surface area contributed by atoms with Crippen molar-refractivity contribution in [2.45, 2.75) is 18.9 Å². The van der Waals surface area contributed by atoms with Gasteiger partial charge >= 0.3 is 0 Å². The third kappa shape index (κ3) is 4.90. The molecule has 0 fully saturated rings. The van der Waals surface area contributed by atoms with Crippen LogP contribution in [0.15, 0.2) is 24.3 Å². The highest BCUT2D eigenvalue weighted by atomic mass is 16.6. The Morgan fingerprint density at radius 3 is 2.14 bits per heavy atom. The van der Waals surface area contributed by atoms with E-state index in [4.69, 9.17) is 0 Å². The van der Waals surface area contributed by atoms with Crippen molar-refractivity contribution in [3.8, 4) is 0 Å². The fourth-order valence-corrected chi connectivity index (χ4v) is 1.49. The van der Waals surface area contributed by atoms with Crippen LogP contribution >= 0.6 is 0 Å². The fraction of sp³-hybridized carbons (Fsp3) is 0.250. The zero-order valence-electron chi connectivity index (χ0n) is 10.6. The van der Waals surface area contributed by atoms with Crippen molar-refractivity contribution < 1.29 is 29.5 Å². The number of benzene rings is 1. The van der Waals surface area contributed by atoms with Crippen molar-refractivity contribution in [2.24, 2.45) is 0 Å². The first-order valence-electron chi connectivity index (χ1n) is 5.77. The Kier molecular flexibility index (Phi) is 5.35. The van der Waals surface area contributed by atoms with E-state index in [-0.39, 0.29) is 17.7 Å². The molecule has 0 saturated heterocycles. The molecule has 0 radical (unpaired) electrons. The number of carbonyl (C=O) groups is 3. The largest absolute Gasteiger partial charge is 0.550 e. The topological polar surface area (TPSA) is 152 Å². The first-order chi connectivity index (χ1) is 9.81. The van der Waals surface area contributed by atoms with E-state index in [0.29, 0.717) is 0 Å². The standard InChI is InChI=1S/C12H12N2O7/c15-10(16)6-5-9(12(18)19)13-11(17)7-1-3-8(4-2-7)14(20)21/h1-4,9H,5-6H2,(H,13,17)(H,15,16)(H,18,19)/p-2. The molecule has 0 spiro atoms. The van der Waals surface area contributed by atoms with Crippen molar-refractivity contribution in [3.05, 3.63) is 39.9 Å². The molecule has 1 rings (SSSR count). The van der Waals surface area contributed by atoms with Crippen molar-refractivity contribution in [2.75, 3.05) is 0 Å². The number of hydrogen-bond acceptors (Lipinski definition) is 7. The minimum atomic E-state index is -1.63. The molecule has 21 heavy (non-hydrogen) atoms. The van der Waals surface area contributed by atoms with E-state index in [1.807, 2.05) is 0 Å². The molecule has 1 unspecified atom stereocenters. The van der Waals surface area contributed by atoms with Gasteiger partial charge in [0.2, 0.25) is 0 Å². The van der Waals surface area contributed by atoms with Gasteiger partial charge in [0.1, 0.15) is 0 Å². The molecule has 112 valence electrons. The summed E-state index contributed by atoms with van der Waals surface area (Å²) in [7, 11) is 0. The van der Waals surface area contributed by atoms with Gasteiger partial charge in [0.05, 0.1) is 16.9 Å². The van der Waals surface area contributed by atoms with Gasteiger partial charge in [-0.3, -0.25) is 14.9 Å². The van der Waals surface area contributed by atoms with Crippen LogP contribution in [0.5, 0.6) is 0 Å². The van der Waals surface area contributed by atoms with Crippen LogP contribution in [0.1, 0.15) is 23.2 Å². The van der Waals surface area contributed by atoms with Crippen LogP contribution in [0, 0.1) is 10.1 Å². The highest BCUT2D eigenvalue weighted by Gasteiger charge is 2.15. The van der Waals surface area contributed by atoms with Gasteiger partial charge in [-0.15, -0.1) is 0 Å². The molecule has 0 aliphatic carbocycles. The quantitative estimate of drug-likeness (QED) is 0.449. The minimum Gasteiger partial charge on any atom is -0.550 e. The highest BCUT2D eigenvalue weighted by Crippen LogP contribution is 2.12. The number of non-ortho nitro benzene ring substituents is 1. The van der Waals surface area contributed by atoms with Crippen LogP contribution in [0.4, 0.5) is 5.69 Å². The number of hydrogen-bond donors (Lipinski definition) is 1. The normalized spacial score (nSPS) is 11.4. The molecule has 1 aromatic carbocycles. The predicted octanol–water partition coefficient (Wildman–Crippen LogP) is -2.03. The van der Waals surface area contributed by atoms with Gasteiger partial charge < -0.3 is 25.1 Å². The second-order valence-corrected chi connectivity index (χ2v) is 4.06. The lowest BCUT2D eigenvalue weighted by molar-refractivity contribution is -0.384. The predicted molar refractivity (Wildman–Crippen MR) is 63.6 cm³/mol. The van der Waals surface area contributed by atoms with E-state index >= 15 is 0 Å². The Labute approximate surface area is 118 Å². The van der Waals surface area contributed by atoms with E-state index in [0.717, 1.165) is 24.3 Å². The number of rotatable bonds is 7. The SMILES string of the molecule is O=C([O-])CCC(NC(=O)c1ccc([N+](=O)[O-])cc1)C(=O)[O-]. The van der Waals surface area contributed by atoms with Crippen molar-refractivity contribution in [3.63, 3.8) is 0 Å². The third-order valence-corrected chi connectivity index (χ3v) is 2.57. The maximum absolute atomic E-state index is 11.8. The number of nitrogens with zero attached hydrogens (tertiary/aromatic N) is 1. The molecule has 1 atom stereocenters. The second-order valence-electron chi connectivity index (χ2n) is 4.06. The molecule has 1 N–H and O–H groups in total. The smallest absolute Gasteiger partial charge is 0.269 e. The second kappa shape index (κ2) is 6.98. The van der Waals surface area contributed by atoms with E-state index in [1.54, 1.807) is 0 Å². The molecular formula is C12H10N2O7-2. The maximum atomic E-state index is 11.8. The average molecular weight is 294 g/mol. The van der Waals surface area contributed by atoms with Crippen LogP contribution < -0.4 is 15.5 Å². The summed E-state index contributed by atoms with van der Waals surface area (Å²) in [6.45, 7) is 0. The number of nitrogens with one attached hydrogen (secondary N) is 1. The van der Waals surface area contributed by atoms with Crippen molar-refractivity contribution in [1.29, 1.82) is 0 Å². The van der Waals surface area contributed by atoms with Crippen LogP contribution in [0.25, 0.3) is 0 Å². The molecule has 9 nitrogen and oxygen atoms in total. The monoisotopic (exact) mass is 294 g/mol. The van der Waals surface area contributed by atoms with Crippen molar-refractivity contribution >= 4 is 23.5 Å². The highest BCUT2D eigenvalue weighted by molar-refractivity contribution is 5.96. The Hall–Kier alpha value is -2.97. The number of carbonyl (C=O) groups excluding carboxylic acids is 3. The molecule has 9 heteroatoms. The molecule has 1 aromatic rings. The minimum absolute atomic E-state index is 0.000278. The van der Waals surface area contributed by atoms with Crippen LogP contribution in [0.2, 0.25) is 0 Å². The van der Waals surface area contributed by atoms with Gasteiger partial charge in [-0.2, -0.15) is 0 Å².